The number of hydrogen-bond donors (Lipinski definition) is 0. The molecule has 0 saturated carbocycles. The minimum Gasteiger partial charge on any atom is -0.298 e. The van der Waals surface area contributed by atoms with Crippen LogP contribution in [0.4, 0.5) is 5.69 Å². The fourth-order valence-corrected chi connectivity index (χ4v) is 2.78. The number of nitro benzene ring substituents is 1. The smallest absolute Gasteiger partial charge is 0.271 e. The Kier molecular flexibility index (Phi) is 3.59. The molecule has 0 spiro atoms. The zero-order valence-electron chi connectivity index (χ0n) is 6.16. The second-order valence-corrected chi connectivity index (χ2v) is 4.52. The third-order valence-corrected chi connectivity index (χ3v) is 3.18. The van der Waals surface area contributed by atoms with E-state index in [1.54, 1.807) is 0 Å². The van der Waals surface area contributed by atoms with Crippen molar-refractivity contribution in [3.8, 4) is 0 Å². The molecule has 0 aliphatic rings. The number of carbonyl (C=O) groups is 1. The van der Waals surface area contributed by atoms with E-state index in [0.717, 1.165) is 0 Å². The Labute approximate surface area is 101 Å². The Morgan fingerprint density at radius 3 is 2.08 bits per heavy atom. The molecule has 1 rings (SSSR count). The van der Waals surface area contributed by atoms with Crippen LogP contribution < -0.4 is 0 Å². The molecule has 4 nitrogen and oxygen atoms in total. The Bertz CT molecular complexity index is 355. The summed E-state index contributed by atoms with van der Waals surface area (Å²) in [5, 5.41) is 10.4. The topological polar surface area (TPSA) is 60.2 Å². The molecule has 0 N–H and O–H groups in total. The molecule has 1 aromatic carbocycles. The number of nitrogens with zero attached hydrogens (tertiary/aromatic N) is 1. The van der Waals surface area contributed by atoms with Gasteiger partial charge in [0, 0.05) is 24.8 Å². The Morgan fingerprint density at radius 2 is 1.77 bits per heavy atom. The van der Waals surface area contributed by atoms with Crippen molar-refractivity contribution in [2.75, 3.05) is 0 Å². The van der Waals surface area contributed by atoms with Crippen LogP contribution in [0.15, 0.2) is 12.1 Å². The first kappa shape index (κ1) is 10.8. The molecule has 0 aliphatic carbocycles. The predicted molar refractivity (Wildman–Crippen MR) is 63.9 cm³/mol. The summed E-state index contributed by atoms with van der Waals surface area (Å²) in [6.45, 7) is 0. The number of non-ortho nitro benzene ring substituents is 1. The van der Waals surface area contributed by atoms with Gasteiger partial charge in [-0.25, -0.2) is 0 Å². The number of halogens is 2. The molecule has 0 amide bonds. The van der Waals surface area contributed by atoms with E-state index >= 15 is 0 Å². The molecular formula is C7H3I2NO3. The molecule has 68 valence electrons. The molecular weight excluding hydrogens is 400 g/mol. The van der Waals surface area contributed by atoms with Gasteiger partial charge in [0.05, 0.1) is 4.92 Å². The van der Waals surface area contributed by atoms with E-state index in [-0.39, 0.29) is 5.69 Å². The number of carbonyl (C=O) groups excluding carboxylic acids is 1. The van der Waals surface area contributed by atoms with E-state index in [4.69, 9.17) is 0 Å². The van der Waals surface area contributed by atoms with Gasteiger partial charge in [-0.05, 0) is 45.2 Å². The number of hydrogen-bond acceptors (Lipinski definition) is 3. The fourth-order valence-electron chi connectivity index (χ4n) is 0.789. The van der Waals surface area contributed by atoms with Crippen LogP contribution in [0, 0.1) is 17.3 Å². The Morgan fingerprint density at radius 1 is 1.31 bits per heavy atom. The SMILES string of the molecule is O=Cc1c(I)cc([N+](=O)[O-])cc1I. The molecule has 0 heterocycles. The highest BCUT2D eigenvalue weighted by Gasteiger charge is 2.12. The van der Waals surface area contributed by atoms with Gasteiger partial charge in [-0.2, -0.15) is 0 Å². The van der Waals surface area contributed by atoms with Gasteiger partial charge in [0.1, 0.15) is 0 Å². The zero-order chi connectivity index (χ0) is 10.0. The van der Waals surface area contributed by atoms with E-state index in [1.165, 1.54) is 12.1 Å². The molecule has 0 saturated heterocycles. The van der Waals surface area contributed by atoms with Crippen LogP contribution in [-0.4, -0.2) is 11.2 Å². The number of aldehydes is 1. The molecule has 0 unspecified atom stereocenters. The normalized spacial score (nSPS) is 9.69. The van der Waals surface area contributed by atoms with Gasteiger partial charge >= 0.3 is 0 Å². The van der Waals surface area contributed by atoms with Crippen LogP contribution in [0.5, 0.6) is 0 Å². The van der Waals surface area contributed by atoms with Gasteiger partial charge < -0.3 is 0 Å². The first-order chi connectivity index (χ1) is 6.06. The van der Waals surface area contributed by atoms with E-state index in [9.17, 15) is 14.9 Å². The predicted octanol–water partition coefficient (Wildman–Crippen LogP) is 2.62. The summed E-state index contributed by atoms with van der Waals surface area (Å²) in [6, 6.07) is 2.76. The lowest BCUT2D eigenvalue weighted by Crippen LogP contribution is -1.95. The van der Waals surface area contributed by atoms with Gasteiger partial charge in [0.2, 0.25) is 0 Å². The summed E-state index contributed by atoms with van der Waals surface area (Å²) in [6.07, 6.45) is 0.702. The first-order valence-corrected chi connectivity index (χ1v) is 5.30. The van der Waals surface area contributed by atoms with Crippen molar-refractivity contribution >= 4 is 57.2 Å². The van der Waals surface area contributed by atoms with Crippen molar-refractivity contribution in [3.05, 3.63) is 35.0 Å². The van der Waals surface area contributed by atoms with E-state index < -0.39 is 4.92 Å². The molecule has 1 aromatic rings. The summed E-state index contributed by atoms with van der Waals surface area (Å²) in [4.78, 5) is 20.5. The highest BCUT2D eigenvalue weighted by atomic mass is 127. The number of nitro groups is 1. The van der Waals surface area contributed by atoms with Crippen molar-refractivity contribution in [1.29, 1.82) is 0 Å². The third kappa shape index (κ3) is 2.36. The largest absolute Gasteiger partial charge is 0.298 e. The van der Waals surface area contributed by atoms with Gasteiger partial charge in [-0.1, -0.05) is 0 Å². The maximum absolute atomic E-state index is 10.5. The number of rotatable bonds is 2. The minimum atomic E-state index is -0.473. The molecule has 0 aromatic heterocycles. The zero-order valence-corrected chi connectivity index (χ0v) is 10.5. The summed E-state index contributed by atoms with van der Waals surface area (Å²) >= 11 is 3.81. The fraction of sp³-hybridized carbons (Fsp3) is 0. The van der Waals surface area contributed by atoms with Crippen LogP contribution in [-0.2, 0) is 0 Å². The number of benzene rings is 1. The molecule has 13 heavy (non-hydrogen) atoms. The lowest BCUT2D eigenvalue weighted by atomic mass is 10.2. The molecule has 0 aliphatic heterocycles. The highest BCUT2D eigenvalue weighted by Crippen LogP contribution is 2.23. The molecule has 6 heteroatoms. The van der Waals surface area contributed by atoms with Gasteiger partial charge in [-0.15, -0.1) is 0 Å². The van der Waals surface area contributed by atoms with Crippen LogP contribution in [0.3, 0.4) is 0 Å². The van der Waals surface area contributed by atoms with Crippen LogP contribution in [0.25, 0.3) is 0 Å². The van der Waals surface area contributed by atoms with Crippen molar-refractivity contribution in [2.45, 2.75) is 0 Å². The van der Waals surface area contributed by atoms with Crippen molar-refractivity contribution in [1.82, 2.24) is 0 Å². The second-order valence-electron chi connectivity index (χ2n) is 2.20. The van der Waals surface area contributed by atoms with Crippen molar-refractivity contribution in [3.63, 3.8) is 0 Å². The Hall–Kier alpha value is -0.250. The molecule has 0 fully saturated rings. The van der Waals surface area contributed by atoms with Gasteiger partial charge in [0.15, 0.2) is 6.29 Å². The third-order valence-electron chi connectivity index (χ3n) is 1.39. The van der Waals surface area contributed by atoms with Gasteiger partial charge in [0.25, 0.3) is 5.69 Å². The minimum absolute atomic E-state index is 0.0133. The average Bonchev–Trinajstić information content (AvgIpc) is 2.03. The maximum Gasteiger partial charge on any atom is 0.271 e. The van der Waals surface area contributed by atoms with E-state index in [2.05, 4.69) is 0 Å². The molecule has 0 atom stereocenters. The van der Waals surface area contributed by atoms with E-state index in [0.29, 0.717) is 19.0 Å². The standard InChI is InChI=1S/C7H3I2NO3/c8-6-1-4(10(12)13)2-7(9)5(6)3-11/h1-3H. The summed E-state index contributed by atoms with van der Waals surface area (Å²) < 4.78 is 1.21. The first-order valence-electron chi connectivity index (χ1n) is 3.15. The van der Waals surface area contributed by atoms with E-state index in [1.807, 2.05) is 45.2 Å². The summed E-state index contributed by atoms with van der Waals surface area (Å²) in [5.74, 6) is 0. The molecule has 0 bridgehead atoms. The van der Waals surface area contributed by atoms with Crippen LogP contribution >= 0.6 is 45.2 Å². The Balaban J connectivity index is 3.36. The molecule has 0 radical (unpaired) electrons. The summed E-state index contributed by atoms with van der Waals surface area (Å²) in [7, 11) is 0. The van der Waals surface area contributed by atoms with Crippen molar-refractivity contribution < 1.29 is 9.72 Å². The second kappa shape index (κ2) is 4.31. The average molecular weight is 403 g/mol. The summed E-state index contributed by atoms with van der Waals surface area (Å²) in [5.41, 5.74) is 0.520. The lowest BCUT2D eigenvalue weighted by molar-refractivity contribution is -0.385. The van der Waals surface area contributed by atoms with Crippen molar-refractivity contribution in [2.24, 2.45) is 0 Å². The van der Waals surface area contributed by atoms with Crippen LogP contribution in [0.2, 0.25) is 0 Å². The monoisotopic (exact) mass is 403 g/mol. The van der Waals surface area contributed by atoms with Crippen LogP contribution in [0.1, 0.15) is 10.4 Å². The quantitative estimate of drug-likeness (QED) is 0.330. The van der Waals surface area contributed by atoms with Gasteiger partial charge in [-0.3, -0.25) is 14.9 Å². The maximum atomic E-state index is 10.5. The highest BCUT2D eigenvalue weighted by molar-refractivity contribution is 14.1. The lowest BCUT2D eigenvalue weighted by Gasteiger charge is -1.99.